The summed E-state index contributed by atoms with van der Waals surface area (Å²) in [5, 5.41) is 2.93. The average molecular weight is 425 g/mol. The highest BCUT2D eigenvalue weighted by Crippen LogP contribution is 2.14. The monoisotopic (exact) mass is 424 g/mol. The van der Waals surface area contributed by atoms with Crippen molar-refractivity contribution in [1.29, 1.82) is 0 Å². The van der Waals surface area contributed by atoms with E-state index >= 15 is 0 Å². The number of aryl methyl sites for hydroxylation is 1. The molecule has 3 rings (SSSR count). The summed E-state index contributed by atoms with van der Waals surface area (Å²) < 4.78 is 5.26. The molecule has 7 nitrogen and oxygen atoms in total. The van der Waals surface area contributed by atoms with Gasteiger partial charge in [-0.25, -0.2) is 0 Å². The van der Waals surface area contributed by atoms with Crippen molar-refractivity contribution >= 4 is 17.5 Å². The van der Waals surface area contributed by atoms with Crippen molar-refractivity contribution in [1.82, 2.24) is 14.7 Å². The van der Waals surface area contributed by atoms with Crippen molar-refractivity contribution in [3.8, 4) is 5.75 Å². The van der Waals surface area contributed by atoms with E-state index in [9.17, 15) is 9.59 Å². The molecule has 1 N–H and O–H groups in total. The second-order valence-electron chi connectivity index (χ2n) is 8.09. The van der Waals surface area contributed by atoms with E-state index in [0.29, 0.717) is 45.8 Å². The Morgan fingerprint density at radius 3 is 2.45 bits per heavy atom. The van der Waals surface area contributed by atoms with Gasteiger partial charge >= 0.3 is 0 Å². The normalized spacial score (nSPS) is 14.5. The first-order chi connectivity index (χ1) is 14.9. The molecule has 0 saturated carbocycles. The SMILES string of the molecule is COc1cccc(CN(C)CC(=O)N2CCN(CC(=O)Nc3ccc(C)cc3)CC2)c1. The first kappa shape index (κ1) is 22.8. The maximum Gasteiger partial charge on any atom is 0.238 e. The Morgan fingerprint density at radius 1 is 1.06 bits per heavy atom. The zero-order valence-electron chi connectivity index (χ0n) is 18.6. The number of nitrogens with zero attached hydrogens (tertiary/aromatic N) is 3. The van der Waals surface area contributed by atoms with Gasteiger partial charge in [0.1, 0.15) is 5.75 Å². The predicted molar refractivity (Wildman–Crippen MR) is 122 cm³/mol. The zero-order valence-corrected chi connectivity index (χ0v) is 18.6. The van der Waals surface area contributed by atoms with Crippen LogP contribution < -0.4 is 10.1 Å². The molecule has 0 atom stereocenters. The summed E-state index contributed by atoms with van der Waals surface area (Å²) in [4.78, 5) is 31.0. The maximum atomic E-state index is 12.7. The predicted octanol–water partition coefficient (Wildman–Crippen LogP) is 2.22. The number of ether oxygens (including phenoxy) is 1. The third-order valence-electron chi connectivity index (χ3n) is 5.42. The Morgan fingerprint density at radius 2 is 1.77 bits per heavy atom. The minimum atomic E-state index is -0.0262. The number of hydrogen-bond acceptors (Lipinski definition) is 5. The van der Waals surface area contributed by atoms with Crippen LogP contribution in [0, 0.1) is 6.92 Å². The largest absolute Gasteiger partial charge is 0.497 e. The number of benzene rings is 2. The molecule has 0 radical (unpaired) electrons. The fourth-order valence-electron chi connectivity index (χ4n) is 3.67. The lowest BCUT2D eigenvalue weighted by atomic mass is 10.2. The number of nitrogens with one attached hydrogen (secondary N) is 1. The standard InChI is InChI=1S/C24H32N4O3/c1-19-7-9-21(10-8-19)25-23(29)17-27-11-13-28(14-12-27)24(30)18-26(2)16-20-5-4-6-22(15-20)31-3/h4-10,15H,11-14,16-18H2,1-3H3,(H,25,29). The number of likely N-dealkylation sites (N-methyl/N-ethyl adjacent to an activating group) is 1. The molecule has 1 fully saturated rings. The second kappa shape index (κ2) is 10.9. The highest BCUT2D eigenvalue weighted by Gasteiger charge is 2.23. The minimum absolute atomic E-state index is 0.0262. The molecular weight excluding hydrogens is 392 g/mol. The molecule has 1 saturated heterocycles. The van der Waals surface area contributed by atoms with E-state index in [1.54, 1.807) is 7.11 Å². The number of carbonyl (C=O) groups is 2. The number of rotatable bonds is 8. The molecule has 166 valence electrons. The fraction of sp³-hybridized carbons (Fsp3) is 0.417. The number of hydrogen-bond donors (Lipinski definition) is 1. The van der Waals surface area contributed by atoms with Crippen LogP contribution in [0.2, 0.25) is 0 Å². The van der Waals surface area contributed by atoms with Gasteiger partial charge in [0, 0.05) is 38.4 Å². The third kappa shape index (κ3) is 7.08. The number of methoxy groups -OCH3 is 1. The Labute approximate surface area is 184 Å². The van der Waals surface area contributed by atoms with Gasteiger partial charge in [0.2, 0.25) is 11.8 Å². The van der Waals surface area contributed by atoms with Gasteiger partial charge in [-0.2, -0.15) is 0 Å². The van der Waals surface area contributed by atoms with Crippen molar-refractivity contribution in [2.45, 2.75) is 13.5 Å². The first-order valence-corrected chi connectivity index (χ1v) is 10.6. The molecule has 0 unspecified atom stereocenters. The van der Waals surface area contributed by atoms with Crippen LogP contribution in [-0.2, 0) is 16.1 Å². The molecule has 7 heteroatoms. The van der Waals surface area contributed by atoms with Gasteiger partial charge in [-0.3, -0.25) is 19.4 Å². The van der Waals surface area contributed by atoms with Gasteiger partial charge in [0.25, 0.3) is 0 Å². The van der Waals surface area contributed by atoms with Gasteiger partial charge in [0.15, 0.2) is 0 Å². The molecule has 2 amide bonds. The molecule has 31 heavy (non-hydrogen) atoms. The zero-order chi connectivity index (χ0) is 22.2. The maximum absolute atomic E-state index is 12.7. The third-order valence-corrected chi connectivity index (χ3v) is 5.42. The molecule has 0 spiro atoms. The summed E-state index contributed by atoms with van der Waals surface area (Å²) in [5.41, 5.74) is 3.08. The molecule has 0 aromatic heterocycles. The van der Waals surface area contributed by atoms with Gasteiger partial charge < -0.3 is 15.0 Å². The molecular formula is C24H32N4O3. The molecule has 1 aliphatic heterocycles. The van der Waals surface area contributed by atoms with E-state index in [4.69, 9.17) is 4.74 Å². The highest BCUT2D eigenvalue weighted by atomic mass is 16.5. The van der Waals surface area contributed by atoms with E-state index < -0.39 is 0 Å². The number of anilines is 1. The Hall–Kier alpha value is -2.90. The Kier molecular flexibility index (Phi) is 8.03. The lowest BCUT2D eigenvalue weighted by molar-refractivity contribution is -0.134. The van der Waals surface area contributed by atoms with E-state index in [2.05, 4.69) is 10.2 Å². The molecule has 1 aliphatic rings. The van der Waals surface area contributed by atoms with Crippen molar-refractivity contribution in [2.75, 3.05) is 58.7 Å². The highest BCUT2D eigenvalue weighted by molar-refractivity contribution is 5.92. The Balaban J connectivity index is 1.39. The van der Waals surface area contributed by atoms with Crippen LogP contribution in [0.4, 0.5) is 5.69 Å². The number of amides is 2. The van der Waals surface area contributed by atoms with E-state index in [-0.39, 0.29) is 11.8 Å². The van der Waals surface area contributed by atoms with Crippen LogP contribution in [0.3, 0.4) is 0 Å². The van der Waals surface area contributed by atoms with Crippen molar-refractivity contribution in [3.05, 3.63) is 59.7 Å². The molecule has 2 aromatic rings. The molecule has 1 heterocycles. The van der Waals surface area contributed by atoms with Gasteiger partial charge in [-0.05, 0) is 43.8 Å². The van der Waals surface area contributed by atoms with E-state index in [1.807, 2.05) is 72.3 Å². The summed E-state index contributed by atoms with van der Waals surface area (Å²) in [6, 6.07) is 15.7. The molecule has 0 aliphatic carbocycles. The summed E-state index contributed by atoms with van der Waals surface area (Å²) >= 11 is 0. The van der Waals surface area contributed by atoms with Crippen LogP contribution in [0.25, 0.3) is 0 Å². The van der Waals surface area contributed by atoms with Crippen LogP contribution in [0.1, 0.15) is 11.1 Å². The quantitative estimate of drug-likeness (QED) is 0.704. The topological polar surface area (TPSA) is 65.1 Å². The van der Waals surface area contributed by atoms with E-state index in [0.717, 1.165) is 22.6 Å². The minimum Gasteiger partial charge on any atom is -0.497 e. The van der Waals surface area contributed by atoms with Crippen LogP contribution in [0.15, 0.2) is 48.5 Å². The van der Waals surface area contributed by atoms with Crippen LogP contribution >= 0.6 is 0 Å². The lowest BCUT2D eigenvalue weighted by Gasteiger charge is -2.35. The lowest BCUT2D eigenvalue weighted by Crippen LogP contribution is -2.52. The number of piperazine rings is 1. The second-order valence-corrected chi connectivity index (χ2v) is 8.09. The first-order valence-electron chi connectivity index (χ1n) is 10.6. The van der Waals surface area contributed by atoms with Gasteiger partial charge in [-0.1, -0.05) is 29.8 Å². The van der Waals surface area contributed by atoms with Gasteiger partial charge in [-0.15, -0.1) is 0 Å². The summed E-state index contributed by atoms with van der Waals surface area (Å²) in [7, 11) is 3.60. The summed E-state index contributed by atoms with van der Waals surface area (Å²) in [5.74, 6) is 0.913. The van der Waals surface area contributed by atoms with Crippen molar-refractivity contribution in [3.63, 3.8) is 0 Å². The summed E-state index contributed by atoms with van der Waals surface area (Å²) in [6.45, 7) is 6.09. The molecule has 0 bridgehead atoms. The van der Waals surface area contributed by atoms with Crippen LogP contribution in [0.5, 0.6) is 5.75 Å². The fourth-order valence-corrected chi connectivity index (χ4v) is 3.67. The summed E-state index contributed by atoms with van der Waals surface area (Å²) in [6.07, 6.45) is 0. The van der Waals surface area contributed by atoms with Crippen molar-refractivity contribution < 1.29 is 14.3 Å². The van der Waals surface area contributed by atoms with Crippen LogP contribution in [-0.4, -0.2) is 79.9 Å². The Bertz CT molecular complexity index is 877. The average Bonchev–Trinajstić information content (AvgIpc) is 2.76. The number of carbonyl (C=O) groups excluding carboxylic acids is 2. The smallest absolute Gasteiger partial charge is 0.238 e. The van der Waals surface area contributed by atoms with E-state index in [1.165, 1.54) is 0 Å². The van der Waals surface area contributed by atoms with Gasteiger partial charge in [0.05, 0.1) is 20.2 Å². The molecule has 2 aromatic carbocycles. The van der Waals surface area contributed by atoms with Crippen molar-refractivity contribution in [2.24, 2.45) is 0 Å².